The second kappa shape index (κ2) is 7.68. The minimum Gasteiger partial charge on any atom is -0.378 e. The summed E-state index contributed by atoms with van der Waals surface area (Å²) in [5.41, 5.74) is 4.10. The van der Waals surface area contributed by atoms with Crippen LogP contribution >= 0.6 is 0 Å². The fourth-order valence-electron chi connectivity index (χ4n) is 3.17. The molecule has 1 aliphatic rings. The van der Waals surface area contributed by atoms with Gasteiger partial charge in [-0.1, -0.05) is 19.9 Å². The van der Waals surface area contributed by atoms with Gasteiger partial charge in [-0.05, 0) is 19.8 Å². The van der Waals surface area contributed by atoms with Crippen molar-refractivity contribution in [1.82, 2.24) is 9.88 Å². The lowest BCUT2D eigenvalue weighted by molar-refractivity contribution is 0.0939. The van der Waals surface area contributed by atoms with Gasteiger partial charge < -0.3 is 19.5 Å². The van der Waals surface area contributed by atoms with E-state index in [-0.39, 0.29) is 5.91 Å². The summed E-state index contributed by atoms with van der Waals surface area (Å²) in [6, 6.07) is 0. The third-order valence-electron chi connectivity index (χ3n) is 4.25. The molecular weight excluding hydrogens is 290 g/mol. The number of morpholine rings is 1. The summed E-state index contributed by atoms with van der Waals surface area (Å²) in [5.74, 6) is 0.433. The van der Waals surface area contributed by atoms with Crippen molar-refractivity contribution in [2.45, 2.75) is 34.2 Å². The highest BCUT2D eigenvalue weighted by Crippen LogP contribution is 2.31. The zero-order valence-corrected chi connectivity index (χ0v) is 14.8. The van der Waals surface area contributed by atoms with Crippen molar-refractivity contribution in [2.75, 3.05) is 37.7 Å². The number of nitrogens with zero attached hydrogens (tertiary/aromatic N) is 2. The standard InChI is InChI=1S/C18H29N3O2/c1-6-7-21-15(5)16(20-8-10-23-11-9-20)14(4)17(21)18(22)19-12-13(2)3/h6,13H,1,7-12H2,2-5H3,(H,19,22). The lowest BCUT2D eigenvalue weighted by Crippen LogP contribution is -2.36. The number of rotatable bonds is 6. The highest BCUT2D eigenvalue weighted by molar-refractivity contribution is 5.96. The van der Waals surface area contributed by atoms with Crippen molar-refractivity contribution in [3.63, 3.8) is 0 Å². The average molecular weight is 319 g/mol. The van der Waals surface area contributed by atoms with Gasteiger partial charge in [0.25, 0.3) is 5.91 Å². The predicted octanol–water partition coefficient (Wildman–Crippen LogP) is 2.51. The van der Waals surface area contributed by atoms with Gasteiger partial charge in [-0.25, -0.2) is 0 Å². The Morgan fingerprint density at radius 2 is 2.00 bits per heavy atom. The van der Waals surface area contributed by atoms with E-state index in [2.05, 4.69) is 42.1 Å². The minimum absolute atomic E-state index is 0.000611. The molecule has 0 aromatic carbocycles. The Kier molecular flexibility index (Phi) is 5.88. The Hall–Kier alpha value is -1.75. The Labute approximate surface area is 139 Å². The third kappa shape index (κ3) is 3.78. The molecule has 0 saturated carbocycles. The van der Waals surface area contributed by atoms with Gasteiger partial charge in [0.15, 0.2) is 0 Å². The fraction of sp³-hybridized carbons (Fsp3) is 0.611. The van der Waals surface area contributed by atoms with Crippen LogP contribution in [0, 0.1) is 19.8 Å². The number of anilines is 1. The summed E-state index contributed by atoms with van der Waals surface area (Å²) in [6.45, 7) is 16.7. The van der Waals surface area contributed by atoms with E-state index >= 15 is 0 Å². The minimum atomic E-state index is 0.000611. The second-order valence-electron chi connectivity index (χ2n) is 6.51. The molecule has 0 spiro atoms. The van der Waals surface area contributed by atoms with Crippen molar-refractivity contribution in [3.8, 4) is 0 Å². The van der Waals surface area contributed by atoms with Crippen LogP contribution in [0.4, 0.5) is 5.69 Å². The first-order chi connectivity index (χ1) is 11.0. The molecule has 1 amide bonds. The first kappa shape index (κ1) is 17.6. The second-order valence-corrected chi connectivity index (χ2v) is 6.51. The highest BCUT2D eigenvalue weighted by Gasteiger charge is 2.26. The normalized spacial score (nSPS) is 15.1. The molecule has 1 aromatic rings. The number of carbonyl (C=O) groups excluding carboxylic acids is 1. The van der Waals surface area contributed by atoms with Crippen LogP contribution in [0.3, 0.4) is 0 Å². The Morgan fingerprint density at radius 1 is 1.35 bits per heavy atom. The average Bonchev–Trinajstić information content (AvgIpc) is 2.77. The first-order valence-corrected chi connectivity index (χ1v) is 8.38. The maximum Gasteiger partial charge on any atom is 0.268 e. The van der Waals surface area contributed by atoms with E-state index in [4.69, 9.17) is 4.74 Å². The molecule has 0 aliphatic carbocycles. The molecule has 0 radical (unpaired) electrons. The lowest BCUT2D eigenvalue weighted by atomic mass is 10.1. The van der Waals surface area contributed by atoms with E-state index in [9.17, 15) is 4.79 Å². The fourth-order valence-corrected chi connectivity index (χ4v) is 3.17. The number of amides is 1. The molecular formula is C18H29N3O2. The summed E-state index contributed by atoms with van der Waals surface area (Å²) in [4.78, 5) is 15.0. The molecule has 0 atom stereocenters. The molecule has 2 heterocycles. The maximum atomic E-state index is 12.7. The van der Waals surface area contributed by atoms with Crippen LogP contribution in [-0.4, -0.2) is 43.3 Å². The number of hydrogen-bond acceptors (Lipinski definition) is 3. The zero-order chi connectivity index (χ0) is 17.0. The molecule has 0 unspecified atom stereocenters. The predicted molar refractivity (Wildman–Crippen MR) is 94.3 cm³/mol. The zero-order valence-electron chi connectivity index (χ0n) is 14.8. The SMILES string of the molecule is C=CCn1c(C)c(N2CCOCC2)c(C)c1C(=O)NCC(C)C. The van der Waals surface area contributed by atoms with Crippen molar-refractivity contribution >= 4 is 11.6 Å². The summed E-state index contributed by atoms with van der Waals surface area (Å²) in [7, 11) is 0. The van der Waals surface area contributed by atoms with Crippen molar-refractivity contribution in [3.05, 3.63) is 29.6 Å². The molecule has 128 valence electrons. The van der Waals surface area contributed by atoms with E-state index in [1.54, 1.807) is 0 Å². The van der Waals surface area contributed by atoms with Gasteiger partial charge in [-0.3, -0.25) is 4.79 Å². The van der Waals surface area contributed by atoms with Crippen LogP contribution in [0.2, 0.25) is 0 Å². The number of hydrogen-bond donors (Lipinski definition) is 1. The van der Waals surface area contributed by atoms with Gasteiger partial charge in [0, 0.05) is 37.4 Å². The number of carbonyl (C=O) groups is 1. The van der Waals surface area contributed by atoms with Crippen LogP contribution in [-0.2, 0) is 11.3 Å². The summed E-state index contributed by atoms with van der Waals surface area (Å²) in [6.07, 6.45) is 1.84. The maximum absolute atomic E-state index is 12.7. The molecule has 1 saturated heterocycles. The summed E-state index contributed by atoms with van der Waals surface area (Å²) < 4.78 is 7.53. The van der Waals surface area contributed by atoms with E-state index in [0.717, 1.165) is 43.3 Å². The van der Waals surface area contributed by atoms with Gasteiger partial charge >= 0.3 is 0 Å². The van der Waals surface area contributed by atoms with E-state index < -0.39 is 0 Å². The van der Waals surface area contributed by atoms with Crippen molar-refractivity contribution < 1.29 is 9.53 Å². The summed E-state index contributed by atoms with van der Waals surface area (Å²) in [5, 5.41) is 3.04. The van der Waals surface area contributed by atoms with Gasteiger partial charge in [-0.15, -0.1) is 6.58 Å². The van der Waals surface area contributed by atoms with Gasteiger partial charge in [-0.2, -0.15) is 0 Å². The molecule has 1 aliphatic heterocycles. The quantitative estimate of drug-likeness (QED) is 0.820. The third-order valence-corrected chi connectivity index (χ3v) is 4.25. The number of nitrogens with one attached hydrogen (secondary N) is 1. The molecule has 1 N–H and O–H groups in total. The van der Waals surface area contributed by atoms with Gasteiger partial charge in [0.1, 0.15) is 5.69 Å². The molecule has 5 nitrogen and oxygen atoms in total. The number of allylic oxidation sites excluding steroid dienone is 1. The van der Waals surface area contributed by atoms with Crippen molar-refractivity contribution in [2.24, 2.45) is 5.92 Å². The van der Waals surface area contributed by atoms with Crippen LogP contribution in [0.25, 0.3) is 0 Å². The summed E-state index contributed by atoms with van der Waals surface area (Å²) >= 11 is 0. The monoisotopic (exact) mass is 319 g/mol. The lowest BCUT2D eigenvalue weighted by Gasteiger charge is -2.29. The molecule has 5 heteroatoms. The Bertz CT molecular complexity index is 569. The molecule has 0 bridgehead atoms. The van der Waals surface area contributed by atoms with Crippen LogP contribution in [0.15, 0.2) is 12.7 Å². The topological polar surface area (TPSA) is 46.5 Å². The van der Waals surface area contributed by atoms with E-state index in [1.807, 2.05) is 13.0 Å². The van der Waals surface area contributed by atoms with Gasteiger partial charge in [0.05, 0.1) is 18.9 Å². The largest absolute Gasteiger partial charge is 0.378 e. The van der Waals surface area contributed by atoms with E-state index in [0.29, 0.717) is 19.0 Å². The van der Waals surface area contributed by atoms with E-state index in [1.165, 1.54) is 5.69 Å². The Morgan fingerprint density at radius 3 is 2.57 bits per heavy atom. The number of ether oxygens (including phenoxy) is 1. The highest BCUT2D eigenvalue weighted by atomic mass is 16.5. The van der Waals surface area contributed by atoms with Crippen LogP contribution in [0.1, 0.15) is 35.6 Å². The Balaban J connectivity index is 2.39. The smallest absolute Gasteiger partial charge is 0.268 e. The molecule has 23 heavy (non-hydrogen) atoms. The van der Waals surface area contributed by atoms with Crippen LogP contribution in [0.5, 0.6) is 0 Å². The van der Waals surface area contributed by atoms with Crippen LogP contribution < -0.4 is 10.2 Å². The number of aromatic nitrogens is 1. The first-order valence-electron chi connectivity index (χ1n) is 8.38. The molecule has 1 fully saturated rings. The van der Waals surface area contributed by atoms with Crippen molar-refractivity contribution in [1.29, 1.82) is 0 Å². The molecule has 1 aromatic heterocycles. The molecule has 2 rings (SSSR count). The van der Waals surface area contributed by atoms with Gasteiger partial charge in [0.2, 0.25) is 0 Å².